The SMILES string of the molecule is CC(C)C(O)CC[C@@H](C)[C@H]1CC[C@H]2[C@@H]3CC[C@H]4C[C@](O)(C(F)(F)F)CC[C@]4(C)[C@H]3CC[C@]12C. The van der Waals surface area contributed by atoms with E-state index < -0.39 is 11.8 Å². The Hall–Kier alpha value is -0.290. The third-order valence-electron chi connectivity index (χ3n) is 11.7. The average Bonchev–Trinajstić information content (AvgIpc) is 3.08. The van der Waals surface area contributed by atoms with Gasteiger partial charge in [-0.15, -0.1) is 0 Å². The fourth-order valence-corrected chi connectivity index (χ4v) is 9.45. The highest BCUT2D eigenvalue weighted by molar-refractivity contribution is 5.11. The highest BCUT2D eigenvalue weighted by Crippen LogP contribution is 2.69. The van der Waals surface area contributed by atoms with Gasteiger partial charge in [0, 0.05) is 0 Å². The number of hydrogen-bond donors (Lipinski definition) is 2. The van der Waals surface area contributed by atoms with Gasteiger partial charge in [0.2, 0.25) is 0 Å². The Labute approximate surface area is 199 Å². The molecule has 4 aliphatic rings. The lowest BCUT2D eigenvalue weighted by atomic mass is 9.43. The first-order valence-electron chi connectivity index (χ1n) is 13.7. The Balaban J connectivity index is 1.47. The van der Waals surface area contributed by atoms with Crippen LogP contribution in [0.5, 0.6) is 0 Å². The van der Waals surface area contributed by atoms with Crippen LogP contribution in [-0.4, -0.2) is 28.1 Å². The van der Waals surface area contributed by atoms with E-state index in [-0.39, 0.29) is 30.3 Å². The van der Waals surface area contributed by atoms with Crippen molar-refractivity contribution in [1.29, 1.82) is 0 Å². The molecule has 10 atom stereocenters. The summed E-state index contributed by atoms with van der Waals surface area (Å²) >= 11 is 0. The van der Waals surface area contributed by atoms with Crippen LogP contribution < -0.4 is 0 Å². The molecule has 4 fully saturated rings. The summed E-state index contributed by atoms with van der Waals surface area (Å²) in [5.41, 5.74) is -2.22. The van der Waals surface area contributed by atoms with Crippen LogP contribution in [-0.2, 0) is 0 Å². The van der Waals surface area contributed by atoms with Crippen LogP contribution in [0.2, 0.25) is 0 Å². The molecule has 0 aromatic rings. The number of halogens is 3. The summed E-state index contributed by atoms with van der Waals surface area (Å²) in [6.07, 6.45) is 4.20. The summed E-state index contributed by atoms with van der Waals surface area (Å²) in [5.74, 6) is 3.39. The van der Waals surface area contributed by atoms with Crippen LogP contribution in [0.4, 0.5) is 13.2 Å². The number of fused-ring (bicyclic) bond motifs is 5. The molecular formula is C28H47F3O2. The molecule has 33 heavy (non-hydrogen) atoms. The fourth-order valence-electron chi connectivity index (χ4n) is 9.45. The predicted octanol–water partition coefficient (Wildman–Crippen LogP) is 7.37. The van der Waals surface area contributed by atoms with E-state index in [1.165, 1.54) is 19.3 Å². The average molecular weight is 473 g/mol. The van der Waals surface area contributed by atoms with Gasteiger partial charge in [0.1, 0.15) is 0 Å². The fraction of sp³-hybridized carbons (Fsp3) is 1.00. The van der Waals surface area contributed by atoms with Crippen molar-refractivity contribution in [2.45, 2.75) is 123 Å². The number of alkyl halides is 3. The summed E-state index contributed by atoms with van der Waals surface area (Å²) in [5, 5.41) is 20.7. The van der Waals surface area contributed by atoms with E-state index in [1.807, 2.05) is 0 Å². The number of hydrogen-bond acceptors (Lipinski definition) is 2. The van der Waals surface area contributed by atoms with Crippen LogP contribution in [0.3, 0.4) is 0 Å². The summed E-state index contributed by atoms with van der Waals surface area (Å²) < 4.78 is 40.7. The summed E-state index contributed by atoms with van der Waals surface area (Å²) in [6.45, 7) is 11.3. The maximum Gasteiger partial charge on any atom is 0.417 e. The van der Waals surface area contributed by atoms with Crippen molar-refractivity contribution in [2.24, 2.45) is 52.3 Å². The van der Waals surface area contributed by atoms with Crippen molar-refractivity contribution < 1.29 is 23.4 Å². The van der Waals surface area contributed by atoms with Crippen LogP contribution in [0.15, 0.2) is 0 Å². The van der Waals surface area contributed by atoms with E-state index >= 15 is 0 Å². The Bertz CT molecular complexity index is 708. The highest BCUT2D eigenvalue weighted by atomic mass is 19.4. The Morgan fingerprint density at radius 1 is 0.848 bits per heavy atom. The predicted molar refractivity (Wildman–Crippen MR) is 125 cm³/mol. The smallest absolute Gasteiger partial charge is 0.393 e. The van der Waals surface area contributed by atoms with E-state index in [0.717, 1.165) is 32.1 Å². The molecule has 4 aliphatic carbocycles. The first-order chi connectivity index (χ1) is 15.2. The molecule has 2 N–H and O–H groups in total. The van der Waals surface area contributed by atoms with Crippen LogP contribution in [0.25, 0.3) is 0 Å². The molecular weight excluding hydrogens is 425 g/mol. The lowest BCUT2D eigenvalue weighted by Gasteiger charge is -2.62. The minimum Gasteiger partial charge on any atom is -0.393 e. The lowest BCUT2D eigenvalue weighted by molar-refractivity contribution is -0.290. The van der Waals surface area contributed by atoms with Crippen LogP contribution in [0, 0.1) is 52.3 Å². The second kappa shape index (κ2) is 8.68. The van der Waals surface area contributed by atoms with Gasteiger partial charge in [0.25, 0.3) is 0 Å². The van der Waals surface area contributed by atoms with Crippen molar-refractivity contribution in [3.8, 4) is 0 Å². The highest BCUT2D eigenvalue weighted by Gasteiger charge is 2.65. The van der Waals surface area contributed by atoms with E-state index in [0.29, 0.717) is 47.3 Å². The third kappa shape index (κ3) is 4.19. The van der Waals surface area contributed by atoms with Gasteiger partial charge in [-0.25, -0.2) is 0 Å². The molecule has 0 spiro atoms. The topological polar surface area (TPSA) is 40.5 Å². The van der Waals surface area contributed by atoms with Crippen molar-refractivity contribution >= 4 is 0 Å². The normalized spacial score (nSPS) is 47.5. The quantitative estimate of drug-likeness (QED) is 0.438. The molecule has 5 heteroatoms. The van der Waals surface area contributed by atoms with Crippen molar-refractivity contribution in [3.05, 3.63) is 0 Å². The first kappa shape index (κ1) is 25.8. The van der Waals surface area contributed by atoms with Crippen molar-refractivity contribution in [2.75, 3.05) is 0 Å². The van der Waals surface area contributed by atoms with Gasteiger partial charge in [0.15, 0.2) is 5.60 Å². The molecule has 0 aromatic carbocycles. The van der Waals surface area contributed by atoms with Crippen LogP contribution in [0.1, 0.15) is 105 Å². The van der Waals surface area contributed by atoms with Gasteiger partial charge in [-0.1, -0.05) is 34.6 Å². The zero-order chi connectivity index (χ0) is 24.4. The number of aliphatic hydroxyl groups is 2. The van der Waals surface area contributed by atoms with Gasteiger partial charge < -0.3 is 10.2 Å². The number of aliphatic hydroxyl groups excluding tert-OH is 1. The Morgan fingerprint density at radius 2 is 1.52 bits per heavy atom. The largest absolute Gasteiger partial charge is 0.417 e. The van der Waals surface area contributed by atoms with Crippen molar-refractivity contribution in [1.82, 2.24) is 0 Å². The van der Waals surface area contributed by atoms with Crippen LogP contribution >= 0.6 is 0 Å². The van der Waals surface area contributed by atoms with E-state index in [4.69, 9.17) is 0 Å². The van der Waals surface area contributed by atoms with Crippen molar-refractivity contribution in [3.63, 3.8) is 0 Å². The molecule has 0 bridgehead atoms. The standard InChI is InChI=1S/C28H47F3O2/c1-17(2)24(32)11-6-18(3)21-9-10-22-20-8-7-19-16-27(33,28(29,30)31)15-14-25(19,4)23(20)12-13-26(21,22)5/h17-24,32-33H,6-16H2,1-5H3/t18-,19+,20+,21-,22+,23+,24?,25+,26-,27+/m1/s1. The Kier molecular flexibility index (Phi) is 6.78. The van der Waals surface area contributed by atoms with E-state index in [2.05, 4.69) is 34.6 Å². The molecule has 4 saturated carbocycles. The molecule has 0 amide bonds. The molecule has 192 valence electrons. The Morgan fingerprint density at radius 3 is 2.15 bits per heavy atom. The lowest BCUT2D eigenvalue weighted by Crippen LogP contribution is -2.59. The summed E-state index contributed by atoms with van der Waals surface area (Å²) in [7, 11) is 0. The van der Waals surface area contributed by atoms with Gasteiger partial charge in [-0.05, 0) is 123 Å². The molecule has 0 aromatic heterocycles. The number of rotatable bonds is 5. The minimum absolute atomic E-state index is 0.0166. The summed E-state index contributed by atoms with van der Waals surface area (Å²) in [6, 6.07) is 0. The van der Waals surface area contributed by atoms with Gasteiger partial charge in [-0.2, -0.15) is 13.2 Å². The molecule has 0 heterocycles. The summed E-state index contributed by atoms with van der Waals surface area (Å²) in [4.78, 5) is 0. The zero-order valence-corrected chi connectivity index (χ0v) is 21.4. The molecule has 4 rings (SSSR count). The zero-order valence-electron chi connectivity index (χ0n) is 21.4. The van der Waals surface area contributed by atoms with Gasteiger partial charge >= 0.3 is 6.18 Å². The maximum atomic E-state index is 13.6. The molecule has 0 aliphatic heterocycles. The van der Waals surface area contributed by atoms with E-state index in [9.17, 15) is 23.4 Å². The maximum absolute atomic E-state index is 13.6. The second-order valence-electron chi connectivity index (χ2n) is 13.5. The third-order valence-corrected chi connectivity index (χ3v) is 11.7. The molecule has 0 saturated heterocycles. The molecule has 1 unspecified atom stereocenters. The van der Waals surface area contributed by atoms with Gasteiger partial charge in [-0.3, -0.25) is 0 Å². The molecule has 0 radical (unpaired) electrons. The molecule has 2 nitrogen and oxygen atoms in total. The second-order valence-corrected chi connectivity index (χ2v) is 13.5. The van der Waals surface area contributed by atoms with E-state index in [1.54, 1.807) is 0 Å². The van der Waals surface area contributed by atoms with Gasteiger partial charge in [0.05, 0.1) is 6.10 Å². The first-order valence-corrected chi connectivity index (χ1v) is 13.7. The minimum atomic E-state index is -4.52. The monoisotopic (exact) mass is 472 g/mol.